The first-order valence-corrected chi connectivity index (χ1v) is 5.51. The molecule has 0 bridgehead atoms. The van der Waals surface area contributed by atoms with Crippen LogP contribution in [0.25, 0.3) is 0 Å². The summed E-state index contributed by atoms with van der Waals surface area (Å²) in [7, 11) is 0. The molecule has 0 atom stereocenters. The highest BCUT2D eigenvalue weighted by Gasteiger charge is 2.00. The molecule has 0 heterocycles. The van der Waals surface area contributed by atoms with Crippen molar-refractivity contribution in [2.45, 2.75) is 10.2 Å². The molecule has 60 valence electrons. The van der Waals surface area contributed by atoms with Crippen LogP contribution in [0.15, 0.2) is 23.1 Å². The van der Waals surface area contributed by atoms with E-state index in [1.807, 2.05) is 12.3 Å². The van der Waals surface area contributed by atoms with Crippen molar-refractivity contribution in [2.24, 2.45) is 0 Å². The van der Waals surface area contributed by atoms with E-state index < -0.39 is 0 Å². The van der Waals surface area contributed by atoms with Crippen molar-refractivity contribution < 1.29 is 4.39 Å². The quantitative estimate of drug-likeness (QED) is 0.558. The van der Waals surface area contributed by atoms with E-state index >= 15 is 0 Å². The highest BCUT2D eigenvalue weighted by atomic mass is 79.9. The largest absolute Gasteiger partial charge is 0.206 e. The lowest BCUT2D eigenvalue weighted by Gasteiger charge is -1.99. The monoisotopic (exact) mass is 234 g/mol. The van der Waals surface area contributed by atoms with Crippen molar-refractivity contribution in [3.63, 3.8) is 0 Å². The van der Waals surface area contributed by atoms with Gasteiger partial charge in [0.15, 0.2) is 0 Å². The van der Waals surface area contributed by atoms with Crippen molar-refractivity contribution in [3.8, 4) is 0 Å². The maximum Gasteiger partial charge on any atom is 0.137 e. The normalized spacial score (nSPS) is 10.1. The Balaban J connectivity index is 2.99. The van der Waals surface area contributed by atoms with Crippen LogP contribution in [0, 0.1) is 5.82 Å². The third-order valence-electron chi connectivity index (χ3n) is 1.37. The van der Waals surface area contributed by atoms with Crippen LogP contribution in [0.3, 0.4) is 0 Å². The number of halogens is 2. The van der Waals surface area contributed by atoms with E-state index in [1.165, 1.54) is 11.8 Å². The van der Waals surface area contributed by atoms with Crippen molar-refractivity contribution in [3.05, 3.63) is 29.6 Å². The van der Waals surface area contributed by atoms with Crippen LogP contribution in [0.4, 0.5) is 4.39 Å². The first kappa shape index (κ1) is 9.07. The standard InChI is InChI=1S/C8H8BrFS/c1-11-8-3-2-6(5-9)4-7(8)10/h2-4H,5H2,1H3. The predicted molar refractivity (Wildman–Crippen MR) is 50.8 cm³/mol. The summed E-state index contributed by atoms with van der Waals surface area (Å²) in [6, 6.07) is 5.28. The van der Waals surface area contributed by atoms with E-state index in [1.54, 1.807) is 12.1 Å². The molecular weight excluding hydrogens is 227 g/mol. The van der Waals surface area contributed by atoms with E-state index in [4.69, 9.17) is 0 Å². The molecule has 0 unspecified atom stereocenters. The molecule has 0 aromatic heterocycles. The van der Waals surface area contributed by atoms with Gasteiger partial charge in [-0.25, -0.2) is 4.39 Å². The fourth-order valence-electron chi connectivity index (χ4n) is 0.793. The highest BCUT2D eigenvalue weighted by Crippen LogP contribution is 2.20. The summed E-state index contributed by atoms with van der Waals surface area (Å²) in [6.07, 6.45) is 1.87. The minimum Gasteiger partial charge on any atom is -0.206 e. The van der Waals surface area contributed by atoms with Crippen LogP contribution < -0.4 is 0 Å². The van der Waals surface area contributed by atoms with Crippen LogP contribution in [0.1, 0.15) is 5.56 Å². The molecule has 0 aliphatic heterocycles. The van der Waals surface area contributed by atoms with Crippen LogP contribution in [0.5, 0.6) is 0 Å². The SMILES string of the molecule is CSc1ccc(CBr)cc1F. The van der Waals surface area contributed by atoms with Gasteiger partial charge < -0.3 is 0 Å². The van der Waals surface area contributed by atoms with Crippen molar-refractivity contribution in [1.29, 1.82) is 0 Å². The number of alkyl halides is 1. The van der Waals surface area contributed by atoms with Crippen LogP contribution >= 0.6 is 27.7 Å². The Bertz CT molecular complexity index is 250. The summed E-state index contributed by atoms with van der Waals surface area (Å²) in [4.78, 5) is 0.703. The van der Waals surface area contributed by atoms with E-state index in [2.05, 4.69) is 15.9 Å². The summed E-state index contributed by atoms with van der Waals surface area (Å²) in [5.74, 6) is -0.130. The Hall–Kier alpha value is -0.0200. The molecule has 11 heavy (non-hydrogen) atoms. The fourth-order valence-corrected chi connectivity index (χ4v) is 1.60. The third kappa shape index (κ3) is 2.20. The lowest BCUT2D eigenvalue weighted by Crippen LogP contribution is -1.83. The van der Waals surface area contributed by atoms with Crippen molar-refractivity contribution in [1.82, 2.24) is 0 Å². The topological polar surface area (TPSA) is 0 Å². The minimum absolute atomic E-state index is 0.130. The number of hydrogen-bond donors (Lipinski definition) is 0. The van der Waals surface area contributed by atoms with Gasteiger partial charge in [-0.3, -0.25) is 0 Å². The van der Waals surface area contributed by atoms with Gasteiger partial charge in [-0.05, 0) is 24.0 Å². The molecule has 1 aromatic rings. The van der Waals surface area contributed by atoms with Crippen LogP contribution in [-0.2, 0) is 5.33 Å². The summed E-state index contributed by atoms with van der Waals surface area (Å²) >= 11 is 4.69. The molecule has 0 N–H and O–H groups in total. The molecule has 1 aromatic carbocycles. The smallest absolute Gasteiger partial charge is 0.137 e. The van der Waals surface area contributed by atoms with Crippen molar-refractivity contribution >= 4 is 27.7 Å². The second kappa shape index (κ2) is 4.12. The van der Waals surface area contributed by atoms with E-state index in [9.17, 15) is 4.39 Å². The Morgan fingerprint density at radius 3 is 2.73 bits per heavy atom. The maximum absolute atomic E-state index is 13.0. The van der Waals surface area contributed by atoms with Gasteiger partial charge in [-0.15, -0.1) is 11.8 Å². The molecule has 0 aliphatic carbocycles. The summed E-state index contributed by atoms with van der Waals surface area (Å²) in [6.45, 7) is 0. The molecule has 0 aliphatic rings. The second-order valence-corrected chi connectivity index (χ2v) is 3.51. The molecular formula is C8H8BrFS. The summed E-state index contributed by atoms with van der Waals surface area (Å²) in [5, 5.41) is 0.707. The van der Waals surface area contributed by atoms with Crippen molar-refractivity contribution in [2.75, 3.05) is 6.26 Å². The second-order valence-electron chi connectivity index (χ2n) is 2.10. The van der Waals surface area contributed by atoms with Gasteiger partial charge in [-0.1, -0.05) is 22.0 Å². The highest BCUT2D eigenvalue weighted by molar-refractivity contribution is 9.08. The first-order chi connectivity index (χ1) is 5.27. The van der Waals surface area contributed by atoms with Gasteiger partial charge in [0, 0.05) is 10.2 Å². The Morgan fingerprint density at radius 1 is 1.55 bits per heavy atom. The van der Waals surface area contributed by atoms with Gasteiger partial charge in [0.25, 0.3) is 0 Å². The van der Waals surface area contributed by atoms with Crippen LogP contribution in [0.2, 0.25) is 0 Å². The molecule has 0 amide bonds. The maximum atomic E-state index is 13.0. The number of benzene rings is 1. The molecule has 0 fully saturated rings. The molecule has 0 nitrogen and oxygen atoms in total. The first-order valence-electron chi connectivity index (χ1n) is 3.16. The molecule has 0 saturated carbocycles. The fraction of sp³-hybridized carbons (Fsp3) is 0.250. The zero-order valence-corrected chi connectivity index (χ0v) is 8.51. The summed E-state index contributed by atoms with van der Waals surface area (Å²) < 4.78 is 13.0. The molecule has 0 spiro atoms. The predicted octanol–water partition coefficient (Wildman–Crippen LogP) is 3.44. The van der Waals surface area contributed by atoms with Gasteiger partial charge in [0.2, 0.25) is 0 Å². The van der Waals surface area contributed by atoms with E-state index in [-0.39, 0.29) is 5.82 Å². The molecule has 0 radical (unpaired) electrons. The summed E-state index contributed by atoms with van der Waals surface area (Å²) in [5.41, 5.74) is 0.973. The van der Waals surface area contributed by atoms with Gasteiger partial charge in [0.05, 0.1) is 0 Å². The van der Waals surface area contributed by atoms with Gasteiger partial charge in [0.1, 0.15) is 5.82 Å². The van der Waals surface area contributed by atoms with E-state index in [0.717, 1.165) is 5.56 Å². The Labute approximate surface area is 78.3 Å². The lowest BCUT2D eigenvalue weighted by atomic mass is 10.2. The van der Waals surface area contributed by atoms with Gasteiger partial charge in [-0.2, -0.15) is 0 Å². The number of thioether (sulfide) groups is 1. The molecule has 1 rings (SSSR count). The van der Waals surface area contributed by atoms with Crippen LogP contribution in [-0.4, -0.2) is 6.26 Å². The minimum atomic E-state index is -0.130. The average molecular weight is 235 g/mol. The zero-order valence-electron chi connectivity index (χ0n) is 6.10. The number of rotatable bonds is 2. The molecule has 3 heteroatoms. The molecule has 0 saturated heterocycles. The third-order valence-corrected chi connectivity index (χ3v) is 2.79. The van der Waals surface area contributed by atoms with E-state index in [0.29, 0.717) is 10.2 Å². The lowest BCUT2D eigenvalue weighted by molar-refractivity contribution is 0.601. The average Bonchev–Trinajstić information content (AvgIpc) is 2.04. The van der Waals surface area contributed by atoms with Gasteiger partial charge >= 0.3 is 0 Å². The Kier molecular flexibility index (Phi) is 3.40. The number of hydrogen-bond acceptors (Lipinski definition) is 1. The zero-order chi connectivity index (χ0) is 8.27. The Morgan fingerprint density at radius 2 is 2.27 bits per heavy atom.